The van der Waals surface area contributed by atoms with Gasteiger partial charge >= 0.3 is 0 Å². The van der Waals surface area contributed by atoms with Crippen LogP contribution >= 0.6 is 0 Å². The zero-order valence-corrected chi connectivity index (χ0v) is 8.72. The second kappa shape index (κ2) is 3.55. The maximum Gasteiger partial charge on any atom is 0.272 e. The van der Waals surface area contributed by atoms with E-state index in [1.807, 2.05) is 6.07 Å². The Labute approximate surface area is 95.3 Å². The molecule has 3 aromatic rings. The first-order valence-corrected chi connectivity index (χ1v) is 5.08. The predicted octanol–water partition coefficient (Wildman–Crippen LogP) is 1.83. The first-order chi connectivity index (χ1) is 8.27. The van der Waals surface area contributed by atoms with Crippen molar-refractivity contribution >= 4 is 5.65 Å². The lowest BCUT2D eigenvalue weighted by atomic mass is 10.1. The Morgan fingerprint density at radius 1 is 1.18 bits per heavy atom. The Morgan fingerprint density at radius 2 is 1.94 bits per heavy atom. The molecule has 4 nitrogen and oxygen atoms in total. The maximum atomic E-state index is 14.0. The molecule has 1 N–H and O–H groups in total. The topological polar surface area (TPSA) is 50.2 Å². The average Bonchev–Trinajstić information content (AvgIpc) is 2.70. The zero-order valence-electron chi connectivity index (χ0n) is 8.72. The number of hydrogen-bond acceptors (Lipinski definition) is 2. The van der Waals surface area contributed by atoms with Gasteiger partial charge in [0.2, 0.25) is 0 Å². The Hall–Kier alpha value is -2.43. The molecular formula is C12H8FN3O. The molecule has 0 spiro atoms. The van der Waals surface area contributed by atoms with Gasteiger partial charge in [-0.25, -0.2) is 9.37 Å². The van der Waals surface area contributed by atoms with E-state index in [1.54, 1.807) is 24.3 Å². The van der Waals surface area contributed by atoms with E-state index in [-0.39, 0.29) is 16.9 Å². The van der Waals surface area contributed by atoms with Crippen LogP contribution in [0.1, 0.15) is 0 Å². The number of nitrogens with zero attached hydrogens (tertiary/aromatic N) is 2. The average molecular weight is 229 g/mol. The van der Waals surface area contributed by atoms with Gasteiger partial charge in [-0.3, -0.25) is 9.89 Å². The minimum Gasteiger partial charge on any atom is -0.286 e. The Morgan fingerprint density at radius 3 is 2.65 bits per heavy atom. The highest BCUT2D eigenvalue weighted by atomic mass is 19.1. The van der Waals surface area contributed by atoms with Crippen molar-refractivity contribution in [3.63, 3.8) is 0 Å². The number of nitrogens with one attached hydrogen (secondary N) is 1. The van der Waals surface area contributed by atoms with Crippen LogP contribution in [0.3, 0.4) is 0 Å². The highest BCUT2D eigenvalue weighted by molar-refractivity contribution is 5.64. The second-order valence-corrected chi connectivity index (χ2v) is 3.61. The smallest absolute Gasteiger partial charge is 0.272 e. The van der Waals surface area contributed by atoms with Gasteiger partial charge in [-0.2, -0.15) is 4.52 Å². The van der Waals surface area contributed by atoms with Gasteiger partial charge in [0.1, 0.15) is 5.69 Å². The standard InChI is InChI=1S/C12H8FN3O/c13-10-11(8-4-2-1-3-5-8)15-16-9(17)6-7-14-12(10)16/h1-7,15H. The molecule has 2 heterocycles. The fraction of sp³-hybridized carbons (Fsp3) is 0. The molecule has 0 saturated carbocycles. The Kier molecular flexibility index (Phi) is 2.04. The van der Waals surface area contributed by atoms with E-state index in [2.05, 4.69) is 10.1 Å². The molecule has 0 aliphatic rings. The number of aromatic nitrogens is 3. The summed E-state index contributed by atoms with van der Waals surface area (Å²) in [5.74, 6) is -0.520. The highest BCUT2D eigenvalue weighted by Crippen LogP contribution is 2.22. The van der Waals surface area contributed by atoms with Crippen molar-refractivity contribution in [2.45, 2.75) is 0 Å². The van der Waals surface area contributed by atoms with Crippen LogP contribution in [-0.2, 0) is 0 Å². The van der Waals surface area contributed by atoms with Crippen molar-refractivity contribution in [3.8, 4) is 11.3 Å². The van der Waals surface area contributed by atoms with Gasteiger partial charge in [0, 0.05) is 17.8 Å². The predicted molar refractivity (Wildman–Crippen MR) is 61.2 cm³/mol. The van der Waals surface area contributed by atoms with E-state index >= 15 is 0 Å². The fourth-order valence-corrected chi connectivity index (χ4v) is 1.74. The molecule has 0 fully saturated rings. The van der Waals surface area contributed by atoms with E-state index in [4.69, 9.17) is 0 Å². The quantitative estimate of drug-likeness (QED) is 0.692. The molecule has 2 aromatic heterocycles. The van der Waals surface area contributed by atoms with Crippen LogP contribution in [0.4, 0.5) is 4.39 Å². The number of aromatic amines is 1. The largest absolute Gasteiger partial charge is 0.286 e. The van der Waals surface area contributed by atoms with Crippen LogP contribution in [0.2, 0.25) is 0 Å². The molecule has 5 heteroatoms. The molecule has 0 aliphatic heterocycles. The highest BCUT2D eigenvalue weighted by Gasteiger charge is 2.14. The number of halogens is 1. The van der Waals surface area contributed by atoms with Crippen LogP contribution in [0.5, 0.6) is 0 Å². The van der Waals surface area contributed by atoms with Crippen molar-refractivity contribution in [2.75, 3.05) is 0 Å². The van der Waals surface area contributed by atoms with E-state index in [0.717, 1.165) is 4.52 Å². The van der Waals surface area contributed by atoms with Crippen molar-refractivity contribution in [1.29, 1.82) is 0 Å². The normalized spacial score (nSPS) is 10.9. The van der Waals surface area contributed by atoms with Gasteiger partial charge in [-0.15, -0.1) is 0 Å². The first kappa shape index (κ1) is 9.77. The summed E-state index contributed by atoms with van der Waals surface area (Å²) in [6.45, 7) is 0. The van der Waals surface area contributed by atoms with Crippen molar-refractivity contribution in [3.05, 3.63) is 58.8 Å². The number of rotatable bonds is 1. The lowest BCUT2D eigenvalue weighted by molar-refractivity contribution is 0.639. The monoisotopic (exact) mass is 229 g/mol. The molecule has 17 heavy (non-hydrogen) atoms. The lowest BCUT2D eigenvalue weighted by Gasteiger charge is -1.95. The minimum atomic E-state index is -0.520. The van der Waals surface area contributed by atoms with Gasteiger partial charge < -0.3 is 0 Å². The van der Waals surface area contributed by atoms with Crippen molar-refractivity contribution < 1.29 is 4.39 Å². The molecule has 0 amide bonds. The summed E-state index contributed by atoms with van der Waals surface area (Å²) in [5.41, 5.74) is 0.615. The molecule has 0 atom stereocenters. The van der Waals surface area contributed by atoms with E-state index in [9.17, 15) is 9.18 Å². The summed E-state index contributed by atoms with van der Waals surface area (Å²) < 4.78 is 15.1. The SMILES string of the molecule is O=c1ccnc2c(F)c(-c3ccccc3)[nH]n12. The van der Waals surface area contributed by atoms with Crippen molar-refractivity contribution in [2.24, 2.45) is 0 Å². The van der Waals surface area contributed by atoms with Crippen LogP contribution in [0.15, 0.2) is 47.4 Å². The Bertz CT molecular complexity index is 730. The van der Waals surface area contributed by atoms with E-state index in [1.165, 1.54) is 12.3 Å². The summed E-state index contributed by atoms with van der Waals surface area (Å²) in [6.07, 6.45) is 1.30. The van der Waals surface area contributed by atoms with Gasteiger partial charge in [0.05, 0.1) is 0 Å². The van der Waals surface area contributed by atoms with E-state index < -0.39 is 5.82 Å². The van der Waals surface area contributed by atoms with Crippen LogP contribution < -0.4 is 5.56 Å². The van der Waals surface area contributed by atoms with Gasteiger partial charge in [0.15, 0.2) is 11.5 Å². The molecule has 1 aromatic carbocycles. The minimum absolute atomic E-state index is 0.0105. The molecule has 84 valence electrons. The lowest BCUT2D eigenvalue weighted by Crippen LogP contribution is -2.12. The van der Waals surface area contributed by atoms with E-state index in [0.29, 0.717) is 5.56 Å². The van der Waals surface area contributed by atoms with Crippen LogP contribution in [0, 0.1) is 5.82 Å². The van der Waals surface area contributed by atoms with Gasteiger partial charge in [-0.1, -0.05) is 30.3 Å². The Balaban J connectivity index is 2.36. The summed E-state index contributed by atoms with van der Waals surface area (Å²) >= 11 is 0. The van der Waals surface area contributed by atoms with Gasteiger partial charge in [-0.05, 0) is 0 Å². The summed E-state index contributed by atoms with van der Waals surface area (Å²) in [5, 5.41) is 2.72. The summed E-state index contributed by atoms with van der Waals surface area (Å²) in [6, 6.07) is 10.2. The summed E-state index contributed by atoms with van der Waals surface area (Å²) in [4.78, 5) is 15.3. The number of hydrogen-bond donors (Lipinski definition) is 1. The second-order valence-electron chi connectivity index (χ2n) is 3.61. The zero-order chi connectivity index (χ0) is 11.8. The molecule has 0 unspecified atom stereocenters. The number of benzene rings is 1. The third-order valence-corrected chi connectivity index (χ3v) is 2.55. The van der Waals surface area contributed by atoms with Crippen molar-refractivity contribution in [1.82, 2.24) is 14.6 Å². The third-order valence-electron chi connectivity index (χ3n) is 2.55. The fourth-order valence-electron chi connectivity index (χ4n) is 1.74. The first-order valence-electron chi connectivity index (χ1n) is 5.08. The summed E-state index contributed by atoms with van der Waals surface area (Å²) in [7, 11) is 0. The third kappa shape index (κ3) is 1.44. The maximum absolute atomic E-state index is 14.0. The van der Waals surface area contributed by atoms with Crippen LogP contribution in [-0.4, -0.2) is 14.6 Å². The molecule has 0 aliphatic carbocycles. The molecule has 0 radical (unpaired) electrons. The number of H-pyrrole nitrogens is 1. The van der Waals surface area contributed by atoms with Gasteiger partial charge in [0.25, 0.3) is 5.56 Å². The number of fused-ring (bicyclic) bond motifs is 1. The molecule has 3 rings (SSSR count). The van der Waals surface area contributed by atoms with Crippen LogP contribution in [0.25, 0.3) is 16.9 Å². The molecule has 0 bridgehead atoms. The molecule has 0 saturated heterocycles. The molecular weight excluding hydrogens is 221 g/mol.